The predicted molar refractivity (Wildman–Crippen MR) is 40.9 cm³/mol. The van der Waals surface area contributed by atoms with Gasteiger partial charge in [0.15, 0.2) is 0 Å². The maximum atomic E-state index is 13.0. The second-order valence-corrected chi connectivity index (χ2v) is 3.24. The summed E-state index contributed by atoms with van der Waals surface area (Å²) in [6.45, 7) is 2.62. The summed E-state index contributed by atoms with van der Waals surface area (Å²) in [5.74, 6) is -2.44. The highest BCUT2D eigenvalue weighted by Crippen LogP contribution is 2.37. The van der Waals surface area contributed by atoms with Crippen LogP contribution in [0.5, 0.6) is 0 Å². The molecular weight excluding hydrogens is 148 g/mol. The highest BCUT2D eigenvalue weighted by molar-refractivity contribution is 4.90. The Balaban J connectivity index is 2.57. The van der Waals surface area contributed by atoms with E-state index in [1.807, 2.05) is 6.92 Å². The van der Waals surface area contributed by atoms with E-state index < -0.39 is 12.0 Å². The topological polar surface area (TPSA) is 3.24 Å². The number of hydrogen-bond donors (Lipinski definition) is 0. The van der Waals surface area contributed by atoms with E-state index in [1.54, 1.807) is 11.9 Å². The fourth-order valence-corrected chi connectivity index (χ4v) is 1.67. The van der Waals surface area contributed by atoms with Crippen LogP contribution in [0.2, 0.25) is 0 Å². The molecule has 66 valence electrons. The molecule has 0 bridgehead atoms. The third-order valence-corrected chi connectivity index (χ3v) is 2.51. The molecule has 1 unspecified atom stereocenters. The zero-order chi connectivity index (χ0) is 8.48. The van der Waals surface area contributed by atoms with Crippen LogP contribution in [0.3, 0.4) is 0 Å². The van der Waals surface area contributed by atoms with E-state index in [1.165, 1.54) is 0 Å². The van der Waals surface area contributed by atoms with Gasteiger partial charge >= 0.3 is 0 Å². The van der Waals surface area contributed by atoms with Crippen LogP contribution in [0.1, 0.15) is 26.2 Å². The zero-order valence-electron chi connectivity index (χ0n) is 7.11. The summed E-state index contributed by atoms with van der Waals surface area (Å²) >= 11 is 0. The summed E-state index contributed by atoms with van der Waals surface area (Å²) in [4.78, 5) is 1.74. The van der Waals surface area contributed by atoms with Crippen LogP contribution in [-0.2, 0) is 0 Å². The lowest BCUT2D eigenvalue weighted by Gasteiger charge is -2.27. The highest BCUT2D eigenvalue weighted by atomic mass is 19.3. The van der Waals surface area contributed by atoms with E-state index >= 15 is 0 Å². The molecule has 1 atom stereocenters. The van der Waals surface area contributed by atoms with Crippen LogP contribution in [0.25, 0.3) is 0 Å². The fraction of sp³-hybridized carbons (Fsp3) is 1.00. The molecule has 0 spiro atoms. The van der Waals surface area contributed by atoms with E-state index in [9.17, 15) is 8.78 Å². The maximum absolute atomic E-state index is 13.0. The zero-order valence-corrected chi connectivity index (χ0v) is 7.11. The minimum absolute atomic E-state index is 0.0714. The SMILES string of the molecule is CCN(C)C1CCCC1(F)F. The van der Waals surface area contributed by atoms with Crippen molar-refractivity contribution in [1.29, 1.82) is 0 Å². The molecule has 1 aliphatic rings. The molecule has 1 saturated carbocycles. The number of rotatable bonds is 2. The molecule has 0 radical (unpaired) electrons. The first-order chi connectivity index (χ1) is 5.08. The molecule has 1 aliphatic carbocycles. The average molecular weight is 163 g/mol. The molecule has 0 aromatic heterocycles. The fourth-order valence-electron chi connectivity index (χ4n) is 1.67. The van der Waals surface area contributed by atoms with Crippen molar-refractivity contribution in [3.63, 3.8) is 0 Å². The second-order valence-electron chi connectivity index (χ2n) is 3.24. The van der Waals surface area contributed by atoms with Crippen molar-refractivity contribution in [3.05, 3.63) is 0 Å². The summed E-state index contributed by atoms with van der Waals surface area (Å²) < 4.78 is 26.0. The van der Waals surface area contributed by atoms with E-state index in [0.717, 1.165) is 0 Å². The van der Waals surface area contributed by atoms with Crippen LogP contribution in [0.4, 0.5) is 8.78 Å². The van der Waals surface area contributed by atoms with Gasteiger partial charge in [0.1, 0.15) is 0 Å². The summed E-state index contributed by atoms with van der Waals surface area (Å²) in [7, 11) is 1.77. The van der Waals surface area contributed by atoms with E-state index in [-0.39, 0.29) is 6.42 Å². The summed E-state index contributed by atoms with van der Waals surface area (Å²) in [5.41, 5.74) is 0. The molecule has 0 aromatic carbocycles. The molecule has 0 heterocycles. The summed E-state index contributed by atoms with van der Waals surface area (Å²) in [6.07, 6.45) is 1.39. The highest BCUT2D eigenvalue weighted by Gasteiger charge is 2.45. The monoisotopic (exact) mass is 163 g/mol. The van der Waals surface area contributed by atoms with Crippen molar-refractivity contribution in [2.45, 2.75) is 38.2 Å². The molecule has 0 amide bonds. The van der Waals surface area contributed by atoms with Crippen molar-refractivity contribution >= 4 is 0 Å². The van der Waals surface area contributed by atoms with Gasteiger partial charge < -0.3 is 0 Å². The molecule has 11 heavy (non-hydrogen) atoms. The number of halogens is 2. The van der Waals surface area contributed by atoms with Crippen molar-refractivity contribution < 1.29 is 8.78 Å². The van der Waals surface area contributed by atoms with Gasteiger partial charge in [0.05, 0.1) is 6.04 Å². The van der Waals surface area contributed by atoms with Crippen LogP contribution in [0.15, 0.2) is 0 Å². The van der Waals surface area contributed by atoms with Gasteiger partial charge in [0.2, 0.25) is 0 Å². The predicted octanol–water partition coefficient (Wildman–Crippen LogP) is 2.13. The van der Waals surface area contributed by atoms with Gasteiger partial charge in [-0.25, -0.2) is 8.78 Å². The molecule has 1 nitrogen and oxygen atoms in total. The van der Waals surface area contributed by atoms with Crippen LogP contribution >= 0.6 is 0 Å². The lowest BCUT2D eigenvalue weighted by Crippen LogP contribution is -2.41. The molecule has 0 aliphatic heterocycles. The first kappa shape index (κ1) is 8.91. The van der Waals surface area contributed by atoms with Crippen LogP contribution in [0, 0.1) is 0 Å². The Bertz CT molecular complexity index is 136. The average Bonchev–Trinajstić information content (AvgIpc) is 2.28. The third kappa shape index (κ3) is 1.70. The minimum atomic E-state index is -2.44. The lowest BCUT2D eigenvalue weighted by atomic mass is 10.2. The third-order valence-electron chi connectivity index (χ3n) is 2.51. The van der Waals surface area contributed by atoms with Crippen molar-refractivity contribution in [2.75, 3.05) is 13.6 Å². The Morgan fingerprint density at radius 2 is 2.18 bits per heavy atom. The largest absolute Gasteiger partial charge is 0.298 e. The Labute approximate surface area is 66.4 Å². The number of hydrogen-bond acceptors (Lipinski definition) is 1. The quantitative estimate of drug-likeness (QED) is 0.602. The molecule has 1 rings (SSSR count). The first-order valence-electron chi connectivity index (χ1n) is 4.16. The lowest BCUT2D eigenvalue weighted by molar-refractivity contribution is -0.0533. The van der Waals surface area contributed by atoms with Gasteiger partial charge in [0, 0.05) is 6.42 Å². The second kappa shape index (κ2) is 3.05. The van der Waals surface area contributed by atoms with E-state index in [4.69, 9.17) is 0 Å². The Morgan fingerprint density at radius 1 is 1.55 bits per heavy atom. The molecule has 1 fully saturated rings. The van der Waals surface area contributed by atoms with Gasteiger partial charge in [-0.1, -0.05) is 6.92 Å². The molecular formula is C8H15F2N. The molecule has 0 N–H and O–H groups in total. The Kier molecular flexibility index (Phi) is 2.47. The van der Waals surface area contributed by atoms with Gasteiger partial charge in [0.25, 0.3) is 5.92 Å². The first-order valence-corrected chi connectivity index (χ1v) is 4.16. The van der Waals surface area contributed by atoms with Gasteiger partial charge in [-0.05, 0) is 26.4 Å². The molecule has 0 saturated heterocycles. The molecule has 0 aromatic rings. The van der Waals surface area contributed by atoms with E-state index in [0.29, 0.717) is 19.4 Å². The van der Waals surface area contributed by atoms with Crippen LogP contribution in [-0.4, -0.2) is 30.5 Å². The van der Waals surface area contributed by atoms with Gasteiger partial charge in [-0.3, -0.25) is 4.90 Å². The Morgan fingerprint density at radius 3 is 2.55 bits per heavy atom. The minimum Gasteiger partial charge on any atom is -0.298 e. The molecule has 3 heteroatoms. The number of nitrogens with zero attached hydrogens (tertiary/aromatic N) is 1. The number of alkyl halides is 2. The van der Waals surface area contributed by atoms with Crippen molar-refractivity contribution in [1.82, 2.24) is 4.90 Å². The summed E-state index contributed by atoms with van der Waals surface area (Å²) in [6, 6.07) is -0.507. The van der Waals surface area contributed by atoms with Crippen molar-refractivity contribution in [2.24, 2.45) is 0 Å². The van der Waals surface area contributed by atoms with Gasteiger partial charge in [-0.15, -0.1) is 0 Å². The Hall–Kier alpha value is -0.180. The summed E-state index contributed by atoms with van der Waals surface area (Å²) in [5, 5.41) is 0. The normalized spacial score (nSPS) is 29.7. The maximum Gasteiger partial charge on any atom is 0.263 e. The standard InChI is InChI=1S/C8H15F2N/c1-3-11(2)7-5-4-6-8(7,9)10/h7H,3-6H2,1-2H3. The smallest absolute Gasteiger partial charge is 0.263 e. The van der Waals surface area contributed by atoms with Gasteiger partial charge in [-0.2, -0.15) is 0 Å². The van der Waals surface area contributed by atoms with E-state index in [2.05, 4.69) is 0 Å². The van der Waals surface area contributed by atoms with Crippen molar-refractivity contribution in [3.8, 4) is 0 Å². The van der Waals surface area contributed by atoms with Crippen LogP contribution < -0.4 is 0 Å².